The zero-order valence-electron chi connectivity index (χ0n) is 16.6. The molecule has 2 amide bonds. The van der Waals surface area contributed by atoms with Gasteiger partial charge in [0.2, 0.25) is 11.8 Å². The molecule has 2 aliphatic heterocycles. The van der Waals surface area contributed by atoms with E-state index in [1.54, 1.807) is 0 Å². The summed E-state index contributed by atoms with van der Waals surface area (Å²) in [4.78, 5) is 40.4. The van der Waals surface area contributed by atoms with E-state index < -0.39 is 47.5 Å². The van der Waals surface area contributed by atoms with Crippen LogP contribution in [0.3, 0.4) is 0 Å². The van der Waals surface area contributed by atoms with Crippen LogP contribution in [0, 0.1) is 17.7 Å². The molecule has 0 aromatic heterocycles. The lowest BCUT2D eigenvalue weighted by atomic mass is 9.85. The lowest BCUT2D eigenvalue weighted by Crippen LogP contribution is -2.43. The number of nitrogens with one attached hydrogen (secondary N) is 1. The normalized spacial score (nSPS) is 25.2. The maximum atomic E-state index is 13.5. The number of benzene rings is 3. The molecule has 2 fully saturated rings. The molecule has 0 saturated carbocycles. The van der Waals surface area contributed by atoms with E-state index in [4.69, 9.17) is 4.74 Å². The van der Waals surface area contributed by atoms with Crippen molar-refractivity contribution in [2.45, 2.75) is 12.1 Å². The van der Waals surface area contributed by atoms with Gasteiger partial charge in [-0.25, -0.2) is 9.29 Å². The summed E-state index contributed by atoms with van der Waals surface area (Å²) in [6, 6.07) is 17.2. The first-order valence-corrected chi connectivity index (χ1v) is 9.96. The average Bonchev–Trinajstić information content (AvgIpc) is 3.30. The van der Waals surface area contributed by atoms with Gasteiger partial charge in [-0.2, -0.15) is 0 Å². The highest BCUT2D eigenvalue weighted by Gasteiger charge is 2.61. The Morgan fingerprint density at radius 2 is 1.61 bits per heavy atom. The molecule has 1 N–H and O–H groups in total. The molecule has 0 unspecified atom stereocenters. The van der Waals surface area contributed by atoms with Crippen LogP contribution in [0.2, 0.25) is 0 Å². The molecule has 4 atom stereocenters. The molecule has 7 heteroatoms. The van der Waals surface area contributed by atoms with Gasteiger partial charge in [-0.15, -0.1) is 0 Å². The van der Waals surface area contributed by atoms with Gasteiger partial charge >= 0.3 is 5.97 Å². The highest BCUT2D eigenvalue weighted by Crippen LogP contribution is 2.46. The van der Waals surface area contributed by atoms with Gasteiger partial charge in [0, 0.05) is 6.04 Å². The number of halogens is 1. The van der Waals surface area contributed by atoms with Gasteiger partial charge in [-0.3, -0.25) is 19.7 Å². The van der Waals surface area contributed by atoms with Crippen molar-refractivity contribution in [2.24, 2.45) is 11.8 Å². The maximum Gasteiger partial charge on any atom is 0.323 e. The molecule has 156 valence electrons. The topological polar surface area (TPSA) is 75.7 Å². The Labute approximate surface area is 177 Å². The van der Waals surface area contributed by atoms with Crippen molar-refractivity contribution in [1.82, 2.24) is 5.32 Å². The highest BCUT2D eigenvalue weighted by molar-refractivity contribution is 6.23. The van der Waals surface area contributed by atoms with Crippen LogP contribution in [0.5, 0.6) is 0 Å². The number of methoxy groups -OCH3 is 1. The fraction of sp³-hybridized carbons (Fsp3) is 0.208. The Kier molecular flexibility index (Phi) is 4.55. The number of ether oxygens (including phenoxy) is 1. The summed E-state index contributed by atoms with van der Waals surface area (Å²) in [7, 11) is 1.25. The van der Waals surface area contributed by atoms with Crippen LogP contribution in [0.1, 0.15) is 11.6 Å². The molecule has 0 aliphatic carbocycles. The second kappa shape index (κ2) is 7.28. The standard InChI is InChI=1S/C24H19FN2O4/c1-31-24(30)21-19-18(22(28)27(23(19)29)15-11-9-14(25)10-12-15)20(26-21)17-8-4-6-13-5-2-3-7-16(13)17/h2-12,18-21,26H,1H3/t18-,19+,20-,21-/m0/s1. The first kappa shape index (κ1) is 19.4. The Morgan fingerprint density at radius 1 is 0.935 bits per heavy atom. The SMILES string of the molecule is COC(=O)[C@H]1N[C@@H](c2cccc3ccccc23)[C@H]2C(=O)N(c3ccc(F)cc3)C(=O)[C@H]21. The summed E-state index contributed by atoms with van der Waals surface area (Å²) >= 11 is 0. The second-order valence-electron chi connectivity index (χ2n) is 7.75. The van der Waals surface area contributed by atoms with Crippen molar-refractivity contribution < 1.29 is 23.5 Å². The Morgan fingerprint density at radius 3 is 2.35 bits per heavy atom. The molecule has 0 spiro atoms. The van der Waals surface area contributed by atoms with Crippen LogP contribution in [0.4, 0.5) is 10.1 Å². The van der Waals surface area contributed by atoms with Gasteiger partial charge in [-0.1, -0.05) is 42.5 Å². The van der Waals surface area contributed by atoms with Crippen LogP contribution in [0.15, 0.2) is 66.7 Å². The van der Waals surface area contributed by atoms with Gasteiger partial charge in [0.1, 0.15) is 11.9 Å². The van der Waals surface area contributed by atoms with E-state index in [1.807, 2.05) is 42.5 Å². The number of carbonyl (C=O) groups is 3. The minimum Gasteiger partial charge on any atom is -0.468 e. The van der Waals surface area contributed by atoms with E-state index in [0.29, 0.717) is 0 Å². The van der Waals surface area contributed by atoms with Crippen molar-refractivity contribution in [3.05, 3.63) is 78.1 Å². The third kappa shape index (κ3) is 2.92. The molecule has 2 heterocycles. The molecule has 31 heavy (non-hydrogen) atoms. The third-order valence-electron chi connectivity index (χ3n) is 6.17. The zero-order valence-corrected chi connectivity index (χ0v) is 16.6. The minimum absolute atomic E-state index is 0.283. The number of hydrogen-bond donors (Lipinski definition) is 1. The summed E-state index contributed by atoms with van der Waals surface area (Å²) in [6.07, 6.45) is 0. The number of nitrogens with zero attached hydrogens (tertiary/aromatic N) is 1. The number of anilines is 1. The minimum atomic E-state index is -0.958. The second-order valence-corrected chi connectivity index (χ2v) is 7.75. The fourth-order valence-corrected chi connectivity index (χ4v) is 4.81. The molecular weight excluding hydrogens is 399 g/mol. The van der Waals surface area contributed by atoms with Crippen LogP contribution in [-0.2, 0) is 19.1 Å². The van der Waals surface area contributed by atoms with Gasteiger partial charge in [0.05, 0.1) is 24.6 Å². The predicted octanol–water partition coefficient (Wildman–Crippen LogP) is 2.97. The van der Waals surface area contributed by atoms with E-state index in [-0.39, 0.29) is 5.69 Å². The molecular formula is C24H19FN2O4. The van der Waals surface area contributed by atoms with Crippen molar-refractivity contribution in [1.29, 1.82) is 0 Å². The number of hydrogen-bond acceptors (Lipinski definition) is 5. The summed E-state index contributed by atoms with van der Waals surface area (Å²) in [5.74, 6) is -3.67. The summed E-state index contributed by atoms with van der Waals surface area (Å²) in [5.41, 5.74) is 1.12. The third-order valence-corrected chi connectivity index (χ3v) is 6.17. The molecule has 3 aromatic carbocycles. The van der Waals surface area contributed by atoms with Gasteiger partial charge < -0.3 is 4.74 Å². The van der Waals surface area contributed by atoms with E-state index in [9.17, 15) is 18.8 Å². The molecule has 0 radical (unpaired) electrons. The van der Waals surface area contributed by atoms with Crippen LogP contribution < -0.4 is 10.2 Å². The van der Waals surface area contributed by atoms with Crippen molar-refractivity contribution in [2.75, 3.05) is 12.0 Å². The lowest BCUT2D eigenvalue weighted by molar-refractivity contribution is -0.145. The maximum absolute atomic E-state index is 13.5. The number of esters is 1. The Bertz CT molecular complexity index is 1200. The predicted molar refractivity (Wildman–Crippen MR) is 112 cm³/mol. The quantitative estimate of drug-likeness (QED) is 0.523. The summed E-state index contributed by atoms with van der Waals surface area (Å²) < 4.78 is 18.3. The highest BCUT2D eigenvalue weighted by atomic mass is 19.1. The number of amides is 2. The molecule has 2 saturated heterocycles. The zero-order chi connectivity index (χ0) is 21.7. The summed E-state index contributed by atoms with van der Waals surface area (Å²) in [6.45, 7) is 0. The van der Waals surface area contributed by atoms with Crippen LogP contribution in [-0.4, -0.2) is 30.9 Å². The monoisotopic (exact) mass is 418 g/mol. The van der Waals surface area contributed by atoms with E-state index in [2.05, 4.69) is 5.32 Å². The largest absolute Gasteiger partial charge is 0.468 e. The Hall–Kier alpha value is -3.58. The van der Waals surface area contributed by atoms with Crippen LogP contribution in [0.25, 0.3) is 10.8 Å². The molecule has 6 nitrogen and oxygen atoms in total. The first-order valence-electron chi connectivity index (χ1n) is 9.96. The molecule has 5 rings (SSSR count). The smallest absolute Gasteiger partial charge is 0.323 e. The molecule has 2 aliphatic rings. The van der Waals surface area contributed by atoms with Crippen LogP contribution >= 0.6 is 0 Å². The number of imide groups is 1. The van der Waals surface area contributed by atoms with E-state index in [0.717, 1.165) is 21.2 Å². The molecule has 3 aromatic rings. The fourth-order valence-electron chi connectivity index (χ4n) is 4.81. The Balaban J connectivity index is 1.63. The van der Waals surface area contributed by atoms with Crippen molar-refractivity contribution in [3.8, 4) is 0 Å². The van der Waals surface area contributed by atoms with E-state index in [1.165, 1.54) is 31.4 Å². The lowest BCUT2D eigenvalue weighted by Gasteiger charge is -2.22. The van der Waals surface area contributed by atoms with Gasteiger partial charge in [0.25, 0.3) is 0 Å². The number of fused-ring (bicyclic) bond motifs is 2. The molecule has 0 bridgehead atoms. The van der Waals surface area contributed by atoms with E-state index >= 15 is 0 Å². The first-order chi connectivity index (χ1) is 15.0. The average molecular weight is 418 g/mol. The van der Waals surface area contributed by atoms with Crippen molar-refractivity contribution >= 4 is 34.2 Å². The van der Waals surface area contributed by atoms with Gasteiger partial charge in [0.15, 0.2) is 0 Å². The summed E-state index contributed by atoms with van der Waals surface area (Å²) in [5, 5.41) is 5.12. The van der Waals surface area contributed by atoms with Crippen molar-refractivity contribution in [3.63, 3.8) is 0 Å². The number of rotatable bonds is 3. The number of carbonyl (C=O) groups excluding carboxylic acids is 3. The van der Waals surface area contributed by atoms with Gasteiger partial charge in [-0.05, 0) is 40.6 Å².